The molecule has 6 rings (SSSR count). The Kier molecular flexibility index (Phi) is 5.51. The highest BCUT2D eigenvalue weighted by atomic mass is 19.1. The Bertz CT molecular complexity index is 1340. The summed E-state index contributed by atoms with van der Waals surface area (Å²) in [6.45, 7) is 0. The van der Waals surface area contributed by atoms with Crippen LogP contribution in [0, 0.1) is 11.2 Å². The number of esters is 1. The smallest absolute Gasteiger partial charge is 0.316 e. The maximum Gasteiger partial charge on any atom is 0.316 e. The van der Waals surface area contributed by atoms with Crippen LogP contribution >= 0.6 is 0 Å². The number of rotatable bonds is 5. The van der Waals surface area contributed by atoms with E-state index in [4.69, 9.17) is 4.74 Å². The van der Waals surface area contributed by atoms with Gasteiger partial charge in [0.25, 0.3) is 5.91 Å². The highest BCUT2D eigenvalue weighted by molar-refractivity contribution is 5.95. The molecule has 2 saturated carbocycles. The molecule has 3 aromatic rings. The van der Waals surface area contributed by atoms with E-state index in [1.54, 1.807) is 23.0 Å². The molecule has 0 spiro atoms. The number of ether oxygens (including phenoxy) is 1. The van der Waals surface area contributed by atoms with Gasteiger partial charge in [-0.1, -0.05) is 23.8 Å². The number of carbonyl (C=O) groups excluding carboxylic acids is 2. The molecule has 36 heavy (non-hydrogen) atoms. The first-order chi connectivity index (χ1) is 17.5. The summed E-state index contributed by atoms with van der Waals surface area (Å²) in [7, 11) is 1.43. The molecule has 2 aromatic carbocycles. The van der Waals surface area contributed by atoms with Crippen molar-refractivity contribution in [3.63, 3.8) is 0 Å². The van der Waals surface area contributed by atoms with E-state index < -0.39 is 5.41 Å². The first kappa shape index (κ1) is 22.7. The second-order valence-electron chi connectivity index (χ2n) is 10.1. The van der Waals surface area contributed by atoms with E-state index >= 15 is 0 Å². The van der Waals surface area contributed by atoms with Crippen molar-refractivity contribution in [1.82, 2.24) is 14.7 Å². The largest absolute Gasteiger partial charge is 0.468 e. The number of fused-ring (bicyclic) bond motifs is 2. The standard InChI is InChI=1S/C29H28FN3O3/c1-36-28(35)29-16-20-18-31-33(24-11-8-22(30)9-12-24)26(20)15-21(29)7-10-25(17-29)32(23-13-14-23)27(34)19-5-3-2-4-6-19/h2-6,8-9,11-12,15,18,23,25H,7,10,13-14,16-17H2,1H3/t25?,29-/m0/s1. The fraction of sp³-hybridized carbons (Fsp3) is 0.345. The zero-order valence-corrected chi connectivity index (χ0v) is 20.2. The van der Waals surface area contributed by atoms with Gasteiger partial charge in [0, 0.05) is 17.6 Å². The number of nitrogens with zero attached hydrogens (tertiary/aromatic N) is 3. The first-order valence-electron chi connectivity index (χ1n) is 12.5. The Balaban J connectivity index is 1.36. The lowest BCUT2D eigenvalue weighted by atomic mass is 9.62. The van der Waals surface area contributed by atoms with Gasteiger partial charge in [0.1, 0.15) is 5.82 Å². The number of methoxy groups -OCH3 is 1. The summed E-state index contributed by atoms with van der Waals surface area (Å²) in [6, 6.07) is 15.8. The van der Waals surface area contributed by atoms with Crippen LogP contribution in [0.1, 0.15) is 53.7 Å². The van der Waals surface area contributed by atoms with Crippen molar-refractivity contribution in [1.29, 1.82) is 0 Å². The minimum atomic E-state index is -0.828. The average Bonchev–Trinajstić information content (AvgIpc) is 3.66. The maximum atomic E-state index is 13.6. The Morgan fingerprint density at radius 1 is 1.06 bits per heavy atom. The minimum absolute atomic E-state index is 0.0381. The Morgan fingerprint density at radius 2 is 1.81 bits per heavy atom. The Morgan fingerprint density at radius 3 is 2.50 bits per heavy atom. The van der Waals surface area contributed by atoms with Crippen LogP contribution in [0.4, 0.5) is 4.39 Å². The lowest BCUT2D eigenvalue weighted by Crippen LogP contribution is -2.51. The zero-order chi connectivity index (χ0) is 24.9. The van der Waals surface area contributed by atoms with Gasteiger partial charge in [-0.05, 0) is 86.6 Å². The third-order valence-electron chi connectivity index (χ3n) is 7.87. The van der Waals surface area contributed by atoms with E-state index in [0.29, 0.717) is 24.8 Å². The molecule has 0 saturated heterocycles. The van der Waals surface area contributed by atoms with Crippen LogP contribution in [0.15, 0.2) is 66.4 Å². The number of benzene rings is 2. The topological polar surface area (TPSA) is 64.4 Å². The normalized spacial score (nSPS) is 22.7. The number of amides is 1. The van der Waals surface area contributed by atoms with Gasteiger partial charge >= 0.3 is 5.97 Å². The van der Waals surface area contributed by atoms with Crippen LogP contribution in [-0.4, -0.2) is 45.8 Å². The molecule has 2 fully saturated rings. The van der Waals surface area contributed by atoms with Crippen molar-refractivity contribution >= 4 is 18.0 Å². The molecule has 184 valence electrons. The molecule has 1 heterocycles. The molecule has 7 heteroatoms. The molecular weight excluding hydrogens is 457 g/mol. The Hall–Kier alpha value is -3.74. The lowest BCUT2D eigenvalue weighted by molar-refractivity contribution is -0.152. The van der Waals surface area contributed by atoms with E-state index in [-0.39, 0.29) is 29.8 Å². The maximum absolute atomic E-state index is 13.6. The molecule has 0 N–H and O–H groups in total. The zero-order valence-electron chi connectivity index (χ0n) is 20.2. The molecule has 3 aliphatic carbocycles. The molecule has 1 aromatic heterocycles. The molecule has 0 bridgehead atoms. The van der Waals surface area contributed by atoms with Gasteiger partial charge in [0.15, 0.2) is 0 Å². The summed E-state index contributed by atoms with van der Waals surface area (Å²) in [4.78, 5) is 29.0. The molecular formula is C29H28FN3O3. The summed E-state index contributed by atoms with van der Waals surface area (Å²) in [5.74, 6) is -0.524. The third-order valence-corrected chi connectivity index (χ3v) is 7.87. The van der Waals surface area contributed by atoms with E-state index in [2.05, 4.69) is 11.2 Å². The fourth-order valence-corrected chi connectivity index (χ4v) is 5.98. The SMILES string of the molecule is COC(=O)[C@]12Cc3cnn(-c4ccc(F)cc4)c3C=C1CCC(N(C(=O)c1ccccc1)C1CC1)C2. The quantitative estimate of drug-likeness (QED) is 0.479. The number of halogens is 1. The second-order valence-corrected chi connectivity index (χ2v) is 10.1. The van der Waals surface area contributed by atoms with Crippen molar-refractivity contribution in [2.45, 2.75) is 50.6 Å². The summed E-state index contributed by atoms with van der Waals surface area (Å²) in [5, 5.41) is 4.57. The van der Waals surface area contributed by atoms with Gasteiger partial charge in [-0.25, -0.2) is 9.07 Å². The van der Waals surface area contributed by atoms with Crippen molar-refractivity contribution < 1.29 is 18.7 Å². The van der Waals surface area contributed by atoms with Crippen LogP contribution in [0.5, 0.6) is 0 Å². The van der Waals surface area contributed by atoms with Gasteiger partial charge in [-0.15, -0.1) is 0 Å². The van der Waals surface area contributed by atoms with Crippen LogP contribution in [-0.2, 0) is 16.0 Å². The molecule has 0 aliphatic heterocycles. The predicted octanol–water partition coefficient (Wildman–Crippen LogP) is 4.97. The van der Waals surface area contributed by atoms with Gasteiger partial charge in [-0.3, -0.25) is 9.59 Å². The highest BCUT2D eigenvalue weighted by Gasteiger charge is 2.52. The summed E-state index contributed by atoms with van der Waals surface area (Å²) in [6.07, 6.45) is 8.32. The van der Waals surface area contributed by atoms with E-state index in [0.717, 1.165) is 41.8 Å². The number of hydrogen-bond acceptors (Lipinski definition) is 4. The summed E-state index contributed by atoms with van der Waals surface area (Å²) in [5.41, 5.74) is 3.50. The molecule has 0 radical (unpaired) electrons. The van der Waals surface area contributed by atoms with Gasteiger partial charge < -0.3 is 9.64 Å². The van der Waals surface area contributed by atoms with Crippen LogP contribution in [0.2, 0.25) is 0 Å². The first-order valence-corrected chi connectivity index (χ1v) is 12.5. The summed E-state index contributed by atoms with van der Waals surface area (Å²) < 4.78 is 20.6. The van der Waals surface area contributed by atoms with Crippen LogP contribution in [0.25, 0.3) is 11.8 Å². The van der Waals surface area contributed by atoms with Crippen LogP contribution < -0.4 is 0 Å². The minimum Gasteiger partial charge on any atom is -0.468 e. The monoisotopic (exact) mass is 485 g/mol. The molecule has 6 nitrogen and oxygen atoms in total. The molecule has 2 atom stereocenters. The lowest BCUT2D eigenvalue weighted by Gasteiger charge is -2.46. The van der Waals surface area contributed by atoms with E-state index in [1.807, 2.05) is 35.2 Å². The van der Waals surface area contributed by atoms with E-state index in [9.17, 15) is 14.0 Å². The molecule has 3 aliphatic rings. The third kappa shape index (κ3) is 3.74. The predicted molar refractivity (Wildman–Crippen MR) is 133 cm³/mol. The second kappa shape index (κ2) is 8.73. The van der Waals surface area contributed by atoms with Gasteiger partial charge in [0.05, 0.1) is 30.1 Å². The fourth-order valence-electron chi connectivity index (χ4n) is 5.98. The van der Waals surface area contributed by atoms with Gasteiger partial charge in [0.2, 0.25) is 0 Å². The number of aromatic nitrogens is 2. The summed E-state index contributed by atoms with van der Waals surface area (Å²) >= 11 is 0. The number of carbonyl (C=O) groups is 2. The van der Waals surface area contributed by atoms with Crippen molar-refractivity contribution in [3.8, 4) is 5.69 Å². The van der Waals surface area contributed by atoms with Gasteiger partial charge in [-0.2, -0.15) is 5.10 Å². The van der Waals surface area contributed by atoms with Crippen molar-refractivity contribution in [2.24, 2.45) is 5.41 Å². The van der Waals surface area contributed by atoms with Crippen molar-refractivity contribution in [2.75, 3.05) is 7.11 Å². The number of hydrogen-bond donors (Lipinski definition) is 0. The molecule has 1 amide bonds. The van der Waals surface area contributed by atoms with Crippen LogP contribution in [0.3, 0.4) is 0 Å². The highest BCUT2D eigenvalue weighted by Crippen LogP contribution is 2.51. The Labute approximate surface area is 209 Å². The van der Waals surface area contributed by atoms with E-state index in [1.165, 1.54) is 19.2 Å². The average molecular weight is 486 g/mol. The van der Waals surface area contributed by atoms with Crippen molar-refractivity contribution in [3.05, 3.63) is 89.0 Å². The molecule has 1 unspecified atom stereocenters.